The van der Waals surface area contributed by atoms with E-state index in [1.165, 1.54) is 17.8 Å². The molecule has 0 aliphatic carbocycles. The molecule has 0 saturated carbocycles. The Morgan fingerprint density at radius 1 is 1.11 bits per heavy atom. The van der Waals surface area contributed by atoms with Crippen LogP contribution in [0.1, 0.15) is 11.1 Å². The van der Waals surface area contributed by atoms with E-state index < -0.39 is 9.84 Å². The van der Waals surface area contributed by atoms with Gasteiger partial charge in [0.15, 0.2) is 15.7 Å². The quantitative estimate of drug-likeness (QED) is 0.808. The lowest BCUT2D eigenvalue weighted by Gasteiger charge is -1.98. The summed E-state index contributed by atoms with van der Waals surface area (Å²) in [6.45, 7) is 2.02. The Balaban J connectivity index is 2.18. The zero-order valence-corrected chi connectivity index (χ0v) is 11.6. The molecule has 1 aromatic carbocycles. The number of aliphatic imine (C=N–C) groups is 1. The van der Waals surface area contributed by atoms with Crippen LogP contribution < -0.4 is 0 Å². The third kappa shape index (κ3) is 3.72. The minimum Gasteiger partial charge on any atom is -0.237 e. The van der Waals surface area contributed by atoms with Crippen LogP contribution >= 0.6 is 0 Å². The van der Waals surface area contributed by atoms with Gasteiger partial charge >= 0.3 is 0 Å². The lowest BCUT2D eigenvalue weighted by Crippen LogP contribution is -1.96. The smallest absolute Gasteiger partial charge is 0.177 e. The molecule has 0 fully saturated rings. The van der Waals surface area contributed by atoms with Gasteiger partial charge < -0.3 is 0 Å². The number of pyridine rings is 1. The standard InChI is InChI=1S/C14H14N2O2S/c1-11-3-5-12(6-4-11)9-15-14-8-7-13(10-16-14)19(2,17)18/h3-10H,1-2H3. The Morgan fingerprint density at radius 3 is 2.32 bits per heavy atom. The Hall–Kier alpha value is -2.01. The average Bonchev–Trinajstić information content (AvgIpc) is 2.37. The van der Waals surface area contributed by atoms with E-state index in [1.54, 1.807) is 12.3 Å². The van der Waals surface area contributed by atoms with Gasteiger partial charge in [-0.25, -0.2) is 18.4 Å². The SMILES string of the molecule is Cc1ccc(C=Nc2ccc(S(C)(=O)=O)cn2)cc1. The normalized spacial score (nSPS) is 11.9. The van der Waals surface area contributed by atoms with Crippen LogP contribution in [-0.4, -0.2) is 25.9 Å². The van der Waals surface area contributed by atoms with E-state index in [0.29, 0.717) is 5.82 Å². The number of nitrogens with zero attached hydrogens (tertiary/aromatic N) is 2. The zero-order chi connectivity index (χ0) is 13.9. The molecule has 2 rings (SSSR count). The predicted octanol–water partition coefficient (Wildman–Crippen LogP) is 2.54. The summed E-state index contributed by atoms with van der Waals surface area (Å²) in [6, 6.07) is 11.0. The summed E-state index contributed by atoms with van der Waals surface area (Å²) in [5, 5.41) is 0. The number of sulfone groups is 1. The largest absolute Gasteiger partial charge is 0.237 e. The van der Waals surface area contributed by atoms with E-state index in [9.17, 15) is 8.42 Å². The van der Waals surface area contributed by atoms with Crippen molar-refractivity contribution in [1.82, 2.24) is 4.98 Å². The number of hydrogen-bond donors (Lipinski definition) is 0. The second-order valence-electron chi connectivity index (χ2n) is 4.29. The molecule has 1 aromatic heterocycles. The first-order valence-electron chi connectivity index (χ1n) is 5.72. The van der Waals surface area contributed by atoms with Crippen LogP contribution in [0.4, 0.5) is 5.82 Å². The second-order valence-corrected chi connectivity index (χ2v) is 6.31. The number of benzene rings is 1. The summed E-state index contributed by atoms with van der Waals surface area (Å²) < 4.78 is 22.6. The molecule has 5 heteroatoms. The van der Waals surface area contributed by atoms with Crippen LogP contribution in [0.25, 0.3) is 0 Å². The van der Waals surface area contributed by atoms with Gasteiger partial charge in [-0.05, 0) is 24.6 Å². The van der Waals surface area contributed by atoms with E-state index in [4.69, 9.17) is 0 Å². The van der Waals surface area contributed by atoms with E-state index in [2.05, 4.69) is 9.98 Å². The molecule has 19 heavy (non-hydrogen) atoms. The molecule has 0 radical (unpaired) electrons. The Labute approximate surface area is 112 Å². The molecule has 2 aromatic rings. The highest BCUT2D eigenvalue weighted by molar-refractivity contribution is 7.90. The van der Waals surface area contributed by atoms with E-state index in [1.807, 2.05) is 31.2 Å². The van der Waals surface area contributed by atoms with Crippen LogP contribution in [-0.2, 0) is 9.84 Å². The van der Waals surface area contributed by atoms with Crippen molar-refractivity contribution >= 4 is 21.9 Å². The van der Waals surface area contributed by atoms with Gasteiger partial charge in [-0.2, -0.15) is 0 Å². The topological polar surface area (TPSA) is 59.4 Å². The fraction of sp³-hybridized carbons (Fsp3) is 0.143. The summed E-state index contributed by atoms with van der Waals surface area (Å²) in [5.41, 5.74) is 2.16. The number of hydrogen-bond acceptors (Lipinski definition) is 4. The van der Waals surface area contributed by atoms with Crippen LogP contribution in [0.2, 0.25) is 0 Å². The van der Waals surface area contributed by atoms with Crippen molar-refractivity contribution in [2.75, 3.05) is 6.26 Å². The molecule has 0 spiro atoms. The van der Waals surface area contributed by atoms with Crippen LogP contribution in [0.15, 0.2) is 52.5 Å². The minimum atomic E-state index is -3.21. The van der Waals surface area contributed by atoms with Gasteiger partial charge in [-0.3, -0.25) is 0 Å². The van der Waals surface area contributed by atoms with Crippen molar-refractivity contribution in [2.24, 2.45) is 4.99 Å². The third-order valence-corrected chi connectivity index (χ3v) is 3.67. The summed E-state index contributed by atoms with van der Waals surface area (Å²) in [4.78, 5) is 8.40. The van der Waals surface area contributed by atoms with Gasteiger partial charge in [-0.1, -0.05) is 29.8 Å². The fourth-order valence-electron chi connectivity index (χ4n) is 1.46. The van der Waals surface area contributed by atoms with Crippen molar-refractivity contribution in [3.63, 3.8) is 0 Å². The van der Waals surface area contributed by atoms with E-state index in [0.717, 1.165) is 11.8 Å². The molecule has 0 unspecified atom stereocenters. The monoisotopic (exact) mass is 274 g/mol. The molecule has 0 amide bonds. The van der Waals surface area contributed by atoms with Gasteiger partial charge in [0, 0.05) is 18.7 Å². The first-order chi connectivity index (χ1) is 8.95. The lowest BCUT2D eigenvalue weighted by atomic mass is 10.2. The molecular weight excluding hydrogens is 260 g/mol. The first-order valence-corrected chi connectivity index (χ1v) is 7.61. The third-order valence-electron chi connectivity index (χ3n) is 2.57. The molecule has 0 saturated heterocycles. The highest BCUT2D eigenvalue weighted by Crippen LogP contribution is 2.12. The molecule has 1 heterocycles. The Morgan fingerprint density at radius 2 is 1.79 bits per heavy atom. The van der Waals surface area contributed by atoms with Crippen LogP contribution in [0.3, 0.4) is 0 Å². The van der Waals surface area contributed by atoms with E-state index >= 15 is 0 Å². The second kappa shape index (κ2) is 5.32. The summed E-state index contributed by atoms with van der Waals surface area (Å²) in [7, 11) is -3.21. The van der Waals surface area contributed by atoms with Crippen molar-refractivity contribution < 1.29 is 8.42 Å². The van der Waals surface area contributed by atoms with Gasteiger partial charge in [-0.15, -0.1) is 0 Å². The maximum absolute atomic E-state index is 11.3. The molecule has 0 N–H and O–H groups in total. The summed E-state index contributed by atoms with van der Waals surface area (Å²) >= 11 is 0. The highest BCUT2D eigenvalue weighted by Gasteiger charge is 2.06. The summed E-state index contributed by atoms with van der Waals surface area (Å²) in [6.07, 6.45) is 4.16. The molecular formula is C14H14N2O2S. The van der Waals surface area contributed by atoms with Gasteiger partial charge in [0.1, 0.15) is 0 Å². The van der Waals surface area contributed by atoms with Crippen LogP contribution in [0, 0.1) is 6.92 Å². The maximum Gasteiger partial charge on any atom is 0.177 e. The number of aromatic nitrogens is 1. The first kappa shape index (κ1) is 13.4. The van der Waals surface area contributed by atoms with Crippen molar-refractivity contribution in [3.05, 3.63) is 53.7 Å². The summed E-state index contributed by atoms with van der Waals surface area (Å²) in [5.74, 6) is 0.480. The number of aryl methyl sites for hydroxylation is 1. The van der Waals surface area contributed by atoms with E-state index in [-0.39, 0.29) is 4.90 Å². The van der Waals surface area contributed by atoms with Gasteiger partial charge in [0.2, 0.25) is 0 Å². The van der Waals surface area contributed by atoms with Gasteiger partial charge in [0.05, 0.1) is 4.90 Å². The fourth-order valence-corrected chi connectivity index (χ4v) is 2.02. The lowest BCUT2D eigenvalue weighted by molar-refractivity contribution is 0.601. The Bertz CT molecular complexity index is 687. The maximum atomic E-state index is 11.3. The van der Waals surface area contributed by atoms with Gasteiger partial charge in [0.25, 0.3) is 0 Å². The van der Waals surface area contributed by atoms with Crippen molar-refractivity contribution in [1.29, 1.82) is 0 Å². The average molecular weight is 274 g/mol. The molecule has 0 bridgehead atoms. The molecule has 0 aliphatic rings. The highest BCUT2D eigenvalue weighted by atomic mass is 32.2. The molecule has 4 nitrogen and oxygen atoms in total. The minimum absolute atomic E-state index is 0.196. The molecule has 0 atom stereocenters. The zero-order valence-electron chi connectivity index (χ0n) is 10.7. The predicted molar refractivity (Wildman–Crippen MR) is 75.8 cm³/mol. The Kier molecular flexibility index (Phi) is 3.76. The molecule has 98 valence electrons. The van der Waals surface area contributed by atoms with Crippen molar-refractivity contribution in [2.45, 2.75) is 11.8 Å². The van der Waals surface area contributed by atoms with Crippen molar-refractivity contribution in [3.8, 4) is 0 Å². The molecule has 0 aliphatic heterocycles. The number of rotatable bonds is 3. The van der Waals surface area contributed by atoms with Crippen LogP contribution in [0.5, 0.6) is 0 Å².